The fourth-order valence-corrected chi connectivity index (χ4v) is 3.87. The van der Waals surface area contributed by atoms with Crippen molar-refractivity contribution in [1.29, 1.82) is 0 Å². The molecule has 1 amide bonds. The van der Waals surface area contributed by atoms with Crippen LogP contribution in [-0.2, 0) is 4.79 Å². The molecule has 0 unspecified atom stereocenters. The number of carbonyl (C=O) groups is 1. The third kappa shape index (κ3) is 3.80. The van der Waals surface area contributed by atoms with Gasteiger partial charge in [-0.2, -0.15) is 0 Å². The van der Waals surface area contributed by atoms with Gasteiger partial charge in [0.1, 0.15) is 22.5 Å². The molecule has 0 spiro atoms. The maximum atomic E-state index is 12.4. The third-order valence-corrected chi connectivity index (χ3v) is 5.66. The molecule has 2 heterocycles. The van der Waals surface area contributed by atoms with Crippen molar-refractivity contribution < 1.29 is 14.3 Å². The Labute approximate surface area is 182 Å². The summed E-state index contributed by atoms with van der Waals surface area (Å²) in [5.74, 6) is 1.08. The van der Waals surface area contributed by atoms with Crippen LogP contribution in [0.5, 0.6) is 11.5 Å². The number of carbonyl (C=O) groups excluding carboxylic acids is 1. The summed E-state index contributed by atoms with van der Waals surface area (Å²) in [5, 5.41) is 5.15. The first-order chi connectivity index (χ1) is 13.9. The van der Waals surface area contributed by atoms with Crippen LogP contribution in [-0.4, -0.2) is 30.1 Å². The number of anilines is 1. The van der Waals surface area contributed by atoms with Crippen molar-refractivity contribution in [1.82, 2.24) is 9.97 Å². The molecule has 9 heteroatoms. The molecule has 1 aliphatic rings. The number of halogens is 3. The first-order valence-corrected chi connectivity index (χ1v) is 9.93. The maximum Gasteiger partial charge on any atom is 0.228 e. The summed E-state index contributed by atoms with van der Waals surface area (Å²) < 4.78 is 10.7. The molecule has 0 saturated heterocycles. The van der Waals surface area contributed by atoms with Crippen LogP contribution in [0.15, 0.2) is 24.4 Å². The van der Waals surface area contributed by atoms with E-state index in [4.69, 9.17) is 44.3 Å². The molecule has 2 aromatic heterocycles. The van der Waals surface area contributed by atoms with Crippen molar-refractivity contribution in [3.63, 3.8) is 0 Å². The summed E-state index contributed by atoms with van der Waals surface area (Å²) in [4.78, 5) is 21.2. The maximum absolute atomic E-state index is 12.4. The molecule has 0 aliphatic heterocycles. The molecular weight excluding hydrogens is 437 g/mol. The van der Waals surface area contributed by atoms with Gasteiger partial charge in [0, 0.05) is 34.5 Å². The van der Waals surface area contributed by atoms with E-state index in [1.165, 1.54) is 14.2 Å². The van der Waals surface area contributed by atoms with Gasteiger partial charge in [-0.25, -0.2) is 9.97 Å². The molecular formula is C20H16Cl3N3O3. The monoisotopic (exact) mass is 451 g/mol. The summed E-state index contributed by atoms with van der Waals surface area (Å²) in [6.45, 7) is 0. The van der Waals surface area contributed by atoms with Gasteiger partial charge in [-0.1, -0.05) is 34.8 Å². The first kappa shape index (κ1) is 20.0. The first-order valence-electron chi connectivity index (χ1n) is 8.80. The molecule has 1 N–H and O–H groups in total. The quantitative estimate of drug-likeness (QED) is 0.508. The van der Waals surface area contributed by atoms with Gasteiger partial charge in [0.15, 0.2) is 0 Å². The number of methoxy groups -OCH3 is 2. The van der Waals surface area contributed by atoms with Crippen LogP contribution in [0.2, 0.25) is 15.2 Å². The average Bonchev–Trinajstić information content (AvgIpc) is 3.54. The van der Waals surface area contributed by atoms with E-state index in [2.05, 4.69) is 15.3 Å². The molecule has 1 saturated carbocycles. The largest absolute Gasteiger partial charge is 0.495 e. The van der Waals surface area contributed by atoms with Gasteiger partial charge in [0.25, 0.3) is 0 Å². The Kier molecular flexibility index (Phi) is 5.42. The summed E-state index contributed by atoms with van der Waals surface area (Å²) in [6, 6.07) is 5.04. The van der Waals surface area contributed by atoms with Gasteiger partial charge in [-0.15, -0.1) is 0 Å². The normalized spacial score (nSPS) is 13.4. The number of nitrogens with one attached hydrogen (secondary N) is 1. The predicted octanol–water partition coefficient (Wildman–Crippen LogP) is 5.62. The van der Waals surface area contributed by atoms with Crippen LogP contribution in [0.3, 0.4) is 0 Å². The van der Waals surface area contributed by atoms with Crippen molar-refractivity contribution in [3.05, 3.63) is 39.6 Å². The van der Waals surface area contributed by atoms with Crippen LogP contribution >= 0.6 is 34.8 Å². The Hall–Kier alpha value is -2.28. The Morgan fingerprint density at radius 2 is 1.72 bits per heavy atom. The molecule has 29 heavy (non-hydrogen) atoms. The van der Waals surface area contributed by atoms with Crippen molar-refractivity contribution in [2.45, 2.75) is 12.8 Å². The third-order valence-electron chi connectivity index (χ3n) is 4.70. The standard InChI is InChI=1S/C20H16Cl3N3O3/c1-28-13-7-14(29-2)18(23)16(17(13)22)12-5-10-8-24-15(21)6-11(10)19(25-12)26-20(27)9-3-4-9/h5-9H,3-4H2,1-2H3,(H,25,26,27). The minimum absolute atomic E-state index is 0.0110. The molecule has 1 aromatic carbocycles. The molecule has 1 aliphatic carbocycles. The molecule has 0 radical (unpaired) electrons. The molecule has 150 valence electrons. The highest BCUT2D eigenvalue weighted by Gasteiger charge is 2.30. The van der Waals surface area contributed by atoms with E-state index in [0.29, 0.717) is 39.1 Å². The van der Waals surface area contributed by atoms with Gasteiger partial charge in [-0.3, -0.25) is 4.79 Å². The van der Waals surface area contributed by atoms with E-state index in [1.807, 2.05) is 0 Å². The Morgan fingerprint density at radius 3 is 2.31 bits per heavy atom. The lowest BCUT2D eigenvalue weighted by Gasteiger charge is -2.16. The van der Waals surface area contributed by atoms with Gasteiger partial charge in [0.05, 0.1) is 30.0 Å². The number of rotatable bonds is 5. The van der Waals surface area contributed by atoms with Crippen LogP contribution in [0, 0.1) is 5.92 Å². The zero-order chi connectivity index (χ0) is 20.7. The lowest BCUT2D eigenvalue weighted by molar-refractivity contribution is -0.117. The summed E-state index contributed by atoms with van der Waals surface area (Å²) in [6.07, 6.45) is 3.35. The molecule has 0 bridgehead atoms. The number of ether oxygens (including phenoxy) is 2. The average molecular weight is 453 g/mol. The number of fused-ring (bicyclic) bond motifs is 1. The minimum atomic E-state index is -0.0794. The second-order valence-corrected chi connectivity index (χ2v) is 7.78. The van der Waals surface area contributed by atoms with E-state index in [9.17, 15) is 4.79 Å². The SMILES string of the molecule is COc1cc(OC)c(Cl)c(-c2cc3cnc(Cl)cc3c(NC(=O)C3CC3)n2)c1Cl. The summed E-state index contributed by atoms with van der Waals surface area (Å²) in [7, 11) is 3.00. The van der Waals surface area contributed by atoms with E-state index >= 15 is 0 Å². The second kappa shape index (κ2) is 7.86. The van der Waals surface area contributed by atoms with Crippen LogP contribution in [0.1, 0.15) is 12.8 Å². The number of amides is 1. The van der Waals surface area contributed by atoms with E-state index in [-0.39, 0.29) is 21.9 Å². The van der Waals surface area contributed by atoms with Gasteiger partial charge < -0.3 is 14.8 Å². The minimum Gasteiger partial charge on any atom is -0.495 e. The van der Waals surface area contributed by atoms with Crippen LogP contribution in [0.4, 0.5) is 5.82 Å². The topological polar surface area (TPSA) is 73.3 Å². The number of nitrogens with zero attached hydrogens (tertiary/aromatic N) is 2. The van der Waals surface area contributed by atoms with E-state index in [1.54, 1.807) is 24.4 Å². The van der Waals surface area contributed by atoms with E-state index in [0.717, 1.165) is 18.2 Å². The molecule has 6 nitrogen and oxygen atoms in total. The van der Waals surface area contributed by atoms with Gasteiger partial charge in [-0.05, 0) is 25.0 Å². The van der Waals surface area contributed by atoms with Gasteiger partial charge >= 0.3 is 0 Å². The van der Waals surface area contributed by atoms with Gasteiger partial charge in [0.2, 0.25) is 5.91 Å². The molecule has 3 aromatic rings. The van der Waals surface area contributed by atoms with Crippen molar-refractivity contribution in [2.75, 3.05) is 19.5 Å². The highest BCUT2D eigenvalue weighted by molar-refractivity contribution is 6.41. The number of pyridine rings is 2. The highest BCUT2D eigenvalue weighted by Crippen LogP contribution is 2.46. The summed E-state index contributed by atoms with van der Waals surface area (Å²) >= 11 is 19.1. The molecule has 0 atom stereocenters. The lowest BCUT2D eigenvalue weighted by Crippen LogP contribution is -2.15. The Bertz CT molecular complexity index is 1100. The number of benzene rings is 1. The highest BCUT2D eigenvalue weighted by atomic mass is 35.5. The Balaban J connectivity index is 1.95. The smallest absolute Gasteiger partial charge is 0.228 e. The second-order valence-electron chi connectivity index (χ2n) is 6.63. The fourth-order valence-electron chi connectivity index (χ4n) is 3.02. The zero-order valence-electron chi connectivity index (χ0n) is 15.6. The predicted molar refractivity (Wildman–Crippen MR) is 114 cm³/mol. The van der Waals surface area contributed by atoms with Crippen molar-refractivity contribution in [3.8, 4) is 22.8 Å². The fraction of sp³-hybridized carbons (Fsp3) is 0.250. The summed E-state index contributed by atoms with van der Waals surface area (Å²) in [5.41, 5.74) is 0.878. The molecule has 4 rings (SSSR count). The molecule has 1 fully saturated rings. The van der Waals surface area contributed by atoms with Crippen LogP contribution in [0.25, 0.3) is 22.0 Å². The number of hydrogen-bond donors (Lipinski definition) is 1. The lowest BCUT2D eigenvalue weighted by atomic mass is 10.1. The number of aromatic nitrogens is 2. The number of hydrogen-bond acceptors (Lipinski definition) is 5. The van der Waals surface area contributed by atoms with Crippen LogP contribution < -0.4 is 14.8 Å². The van der Waals surface area contributed by atoms with E-state index < -0.39 is 0 Å². The Morgan fingerprint density at radius 1 is 1.07 bits per heavy atom. The zero-order valence-corrected chi connectivity index (χ0v) is 17.8. The van der Waals surface area contributed by atoms with Crippen molar-refractivity contribution >= 4 is 57.3 Å². The van der Waals surface area contributed by atoms with Crippen molar-refractivity contribution in [2.24, 2.45) is 5.92 Å².